The maximum Gasteiger partial charge on any atom is 0.140 e. The molecule has 0 fully saturated rings. The number of ether oxygens (including phenoxy) is 1. The number of nitriles is 1. The average molecular weight is 271 g/mol. The highest BCUT2D eigenvalue weighted by Gasteiger charge is 2.04. The quantitative estimate of drug-likeness (QED) is 0.758. The zero-order chi connectivity index (χ0) is 14.2. The first-order valence-corrected chi connectivity index (χ1v) is 6.38. The van der Waals surface area contributed by atoms with Crippen LogP contribution in [0.3, 0.4) is 0 Å². The van der Waals surface area contributed by atoms with Crippen LogP contribution in [0.1, 0.15) is 17.1 Å². The highest BCUT2D eigenvalue weighted by atomic mass is 16.5. The lowest BCUT2D eigenvalue weighted by Crippen LogP contribution is -2.21. The van der Waals surface area contributed by atoms with Gasteiger partial charge in [0.15, 0.2) is 0 Å². The Morgan fingerprint density at radius 2 is 2.30 bits per heavy atom. The van der Waals surface area contributed by atoms with Crippen LogP contribution in [0.2, 0.25) is 0 Å². The van der Waals surface area contributed by atoms with Crippen molar-refractivity contribution in [3.8, 4) is 6.07 Å². The minimum atomic E-state index is 0.433. The molecule has 6 heteroatoms. The smallest absolute Gasteiger partial charge is 0.140 e. The summed E-state index contributed by atoms with van der Waals surface area (Å²) in [6.07, 6.45) is 5.36. The molecule has 6 nitrogen and oxygen atoms in total. The number of nitrogens with zero attached hydrogens (tertiary/aromatic N) is 4. The number of nitrogens with one attached hydrogen (secondary N) is 1. The molecule has 0 unspecified atom stereocenters. The van der Waals surface area contributed by atoms with Gasteiger partial charge in [0.05, 0.1) is 13.2 Å². The Labute approximate surface area is 118 Å². The molecule has 20 heavy (non-hydrogen) atoms. The molecule has 0 aliphatic heterocycles. The van der Waals surface area contributed by atoms with E-state index in [-0.39, 0.29) is 0 Å². The van der Waals surface area contributed by atoms with Gasteiger partial charge in [-0.25, -0.2) is 9.97 Å². The van der Waals surface area contributed by atoms with Crippen LogP contribution >= 0.6 is 0 Å². The Morgan fingerprint density at radius 3 is 3.10 bits per heavy atom. The van der Waals surface area contributed by atoms with Crippen LogP contribution < -0.4 is 5.32 Å². The van der Waals surface area contributed by atoms with E-state index in [1.165, 1.54) is 0 Å². The van der Waals surface area contributed by atoms with Crippen LogP contribution in [0.5, 0.6) is 0 Å². The van der Waals surface area contributed by atoms with Crippen LogP contribution in [-0.2, 0) is 17.8 Å². The summed E-state index contributed by atoms with van der Waals surface area (Å²) in [4.78, 5) is 8.30. The van der Waals surface area contributed by atoms with Crippen molar-refractivity contribution in [3.05, 3.63) is 47.8 Å². The summed E-state index contributed by atoms with van der Waals surface area (Å²) in [6.45, 7) is 2.83. The number of rotatable bonds is 7. The third kappa shape index (κ3) is 3.88. The molecular weight excluding hydrogens is 254 g/mol. The van der Waals surface area contributed by atoms with Gasteiger partial charge in [-0.1, -0.05) is 0 Å². The highest BCUT2D eigenvalue weighted by molar-refractivity contribution is 5.25. The molecule has 0 aliphatic rings. The fourth-order valence-electron chi connectivity index (χ4n) is 1.86. The minimum Gasteiger partial charge on any atom is -0.383 e. The van der Waals surface area contributed by atoms with E-state index in [9.17, 15) is 0 Å². The molecule has 2 aromatic rings. The molecule has 0 amide bonds. The summed E-state index contributed by atoms with van der Waals surface area (Å²) < 4.78 is 7.04. The maximum absolute atomic E-state index is 8.86. The Morgan fingerprint density at radius 1 is 1.40 bits per heavy atom. The standard InChI is InChI=1S/C14H17N5O/c1-20-7-5-16-10-14-18-4-6-19(14)11-12-2-3-17-13(8-12)9-15/h2-4,6,8,16H,5,7,10-11H2,1H3. The fourth-order valence-corrected chi connectivity index (χ4v) is 1.86. The van der Waals surface area contributed by atoms with Crippen LogP contribution in [0.4, 0.5) is 0 Å². The van der Waals surface area contributed by atoms with Gasteiger partial charge in [-0.05, 0) is 17.7 Å². The number of methoxy groups -OCH3 is 1. The lowest BCUT2D eigenvalue weighted by molar-refractivity contribution is 0.199. The fraction of sp³-hybridized carbons (Fsp3) is 0.357. The largest absolute Gasteiger partial charge is 0.383 e. The van der Waals surface area contributed by atoms with Crippen molar-refractivity contribution in [2.45, 2.75) is 13.1 Å². The summed E-state index contributed by atoms with van der Waals surface area (Å²) in [7, 11) is 1.68. The third-order valence-electron chi connectivity index (χ3n) is 2.86. The van der Waals surface area contributed by atoms with Gasteiger partial charge in [0, 0.05) is 38.8 Å². The number of aromatic nitrogens is 3. The number of pyridine rings is 1. The van der Waals surface area contributed by atoms with Crippen molar-refractivity contribution in [3.63, 3.8) is 0 Å². The van der Waals surface area contributed by atoms with Gasteiger partial charge in [0.1, 0.15) is 17.6 Å². The number of hydrogen-bond acceptors (Lipinski definition) is 5. The van der Waals surface area contributed by atoms with Gasteiger partial charge in [-0.15, -0.1) is 0 Å². The molecule has 0 bridgehead atoms. The molecule has 0 aromatic carbocycles. The highest BCUT2D eigenvalue weighted by Crippen LogP contribution is 2.06. The van der Waals surface area contributed by atoms with E-state index in [4.69, 9.17) is 10.00 Å². The summed E-state index contributed by atoms with van der Waals surface area (Å²) in [5.74, 6) is 0.955. The van der Waals surface area contributed by atoms with Crippen molar-refractivity contribution in [1.29, 1.82) is 5.26 Å². The zero-order valence-corrected chi connectivity index (χ0v) is 11.4. The molecule has 0 radical (unpaired) electrons. The lowest BCUT2D eigenvalue weighted by Gasteiger charge is -2.09. The monoisotopic (exact) mass is 271 g/mol. The van der Waals surface area contributed by atoms with E-state index in [2.05, 4.69) is 19.9 Å². The van der Waals surface area contributed by atoms with Crippen LogP contribution in [0, 0.1) is 11.3 Å². The molecule has 0 saturated carbocycles. The van der Waals surface area contributed by atoms with Gasteiger partial charge < -0.3 is 14.6 Å². The van der Waals surface area contributed by atoms with E-state index in [0.29, 0.717) is 25.4 Å². The normalized spacial score (nSPS) is 10.4. The number of hydrogen-bond donors (Lipinski definition) is 1. The molecule has 2 heterocycles. The SMILES string of the molecule is COCCNCc1nccn1Cc1ccnc(C#N)c1. The topological polar surface area (TPSA) is 75.8 Å². The number of imidazole rings is 1. The van der Waals surface area contributed by atoms with Gasteiger partial charge >= 0.3 is 0 Å². The first-order chi connectivity index (χ1) is 9.83. The lowest BCUT2D eigenvalue weighted by atomic mass is 10.2. The summed E-state index contributed by atoms with van der Waals surface area (Å²) in [6, 6.07) is 5.75. The Hall–Kier alpha value is -2.23. The first-order valence-electron chi connectivity index (χ1n) is 6.38. The van der Waals surface area contributed by atoms with Crippen molar-refractivity contribution in [1.82, 2.24) is 19.9 Å². The van der Waals surface area contributed by atoms with Gasteiger partial charge in [0.25, 0.3) is 0 Å². The molecule has 0 saturated heterocycles. The van der Waals surface area contributed by atoms with E-state index >= 15 is 0 Å². The van der Waals surface area contributed by atoms with E-state index < -0.39 is 0 Å². The molecule has 0 atom stereocenters. The molecular formula is C14H17N5O. The van der Waals surface area contributed by atoms with Crippen molar-refractivity contribution < 1.29 is 4.74 Å². The summed E-state index contributed by atoms with van der Waals surface area (Å²) in [5.41, 5.74) is 1.47. The van der Waals surface area contributed by atoms with Gasteiger partial charge in [-0.3, -0.25) is 0 Å². The van der Waals surface area contributed by atoms with Crippen LogP contribution in [-0.4, -0.2) is 34.8 Å². The van der Waals surface area contributed by atoms with E-state index in [1.807, 2.05) is 18.3 Å². The second kappa shape index (κ2) is 7.38. The van der Waals surface area contributed by atoms with Crippen molar-refractivity contribution >= 4 is 0 Å². The van der Waals surface area contributed by atoms with Crippen molar-refractivity contribution in [2.75, 3.05) is 20.3 Å². The molecule has 1 N–H and O–H groups in total. The van der Waals surface area contributed by atoms with Crippen LogP contribution in [0.25, 0.3) is 0 Å². The Kier molecular flexibility index (Phi) is 5.24. The predicted octanol–water partition coefficient (Wildman–Crippen LogP) is 0.934. The molecule has 104 valence electrons. The van der Waals surface area contributed by atoms with Crippen molar-refractivity contribution in [2.24, 2.45) is 0 Å². The second-order valence-electron chi connectivity index (χ2n) is 4.30. The third-order valence-corrected chi connectivity index (χ3v) is 2.86. The Balaban J connectivity index is 1.99. The van der Waals surface area contributed by atoms with E-state index in [0.717, 1.165) is 17.9 Å². The summed E-state index contributed by atoms with van der Waals surface area (Å²) in [5, 5.41) is 12.1. The maximum atomic E-state index is 8.86. The minimum absolute atomic E-state index is 0.433. The van der Waals surface area contributed by atoms with Crippen LogP contribution in [0.15, 0.2) is 30.7 Å². The average Bonchev–Trinajstić information content (AvgIpc) is 2.91. The Bertz CT molecular complexity index is 587. The molecule has 0 aliphatic carbocycles. The predicted molar refractivity (Wildman–Crippen MR) is 73.9 cm³/mol. The molecule has 2 rings (SSSR count). The van der Waals surface area contributed by atoms with Gasteiger partial charge in [0.2, 0.25) is 0 Å². The zero-order valence-electron chi connectivity index (χ0n) is 11.4. The second-order valence-corrected chi connectivity index (χ2v) is 4.30. The molecule has 0 spiro atoms. The molecule has 2 aromatic heterocycles. The van der Waals surface area contributed by atoms with E-state index in [1.54, 1.807) is 25.6 Å². The first kappa shape index (κ1) is 14.2. The summed E-state index contributed by atoms with van der Waals surface area (Å²) >= 11 is 0. The van der Waals surface area contributed by atoms with Gasteiger partial charge in [-0.2, -0.15) is 5.26 Å².